The van der Waals surface area contributed by atoms with Crippen molar-refractivity contribution in [2.75, 3.05) is 6.61 Å². The van der Waals surface area contributed by atoms with Crippen molar-refractivity contribution in [3.05, 3.63) is 56.9 Å². The first kappa shape index (κ1) is 16.4. The van der Waals surface area contributed by atoms with Crippen LogP contribution in [0.3, 0.4) is 0 Å². The second kappa shape index (κ2) is 7.85. The average Bonchev–Trinajstić information content (AvgIpc) is 2.90. The van der Waals surface area contributed by atoms with Crippen LogP contribution >= 0.6 is 46.4 Å². The molecule has 0 N–H and O–H groups in total. The van der Waals surface area contributed by atoms with E-state index in [0.29, 0.717) is 27.3 Å². The van der Waals surface area contributed by atoms with E-state index in [1.165, 1.54) is 6.08 Å². The van der Waals surface area contributed by atoms with Gasteiger partial charge in [0.15, 0.2) is 5.75 Å². The molecule has 0 aliphatic rings. The third-order valence-electron chi connectivity index (χ3n) is 2.40. The van der Waals surface area contributed by atoms with E-state index in [1.807, 2.05) is 0 Å². The predicted molar refractivity (Wildman–Crippen MR) is 84.8 cm³/mol. The van der Waals surface area contributed by atoms with Gasteiger partial charge in [0.05, 0.1) is 16.3 Å². The van der Waals surface area contributed by atoms with Crippen LogP contribution in [0.4, 0.5) is 0 Å². The molecule has 21 heavy (non-hydrogen) atoms. The lowest BCUT2D eigenvalue weighted by Crippen LogP contribution is -1.97. The van der Waals surface area contributed by atoms with E-state index >= 15 is 0 Å². The van der Waals surface area contributed by atoms with Gasteiger partial charge in [0.25, 0.3) is 0 Å². The lowest BCUT2D eigenvalue weighted by molar-refractivity contribution is 0.270. The molecule has 0 radical (unpaired) electrons. The van der Waals surface area contributed by atoms with Gasteiger partial charge in [-0.05, 0) is 18.2 Å². The quantitative estimate of drug-likeness (QED) is 0.640. The molecule has 1 aromatic heterocycles. The fourth-order valence-corrected chi connectivity index (χ4v) is 2.20. The highest BCUT2D eigenvalue weighted by atomic mass is 35.5. The highest BCUT2D eigenvalue weighted by Crippen LogP contribution is 2.37. The van der Waals surface area contributed by atoms with Gasteiger partial charge in [-0.25, -0.2) is 0 Å². The first-order valence-electron chi connectivity index (χ1n) is 5.84. The molecule has 0 atom stereocenters. The van der Waals surface area contributed by atoms with Crippen LogP contribution in [0.25, 0.3) is 0 Å². The monoisotopic (exact) mass is 366 g/mol. The van der Waals surface area contributed by atoms with Crippen LogP contribution in [0.2, 0.25) is 10.0 Å². The minimum atomic E-state index is 0.130. The molecule has 1 heterocycles. The summed E-state index contributed by atoms with van der Waals surface area (Å²) in [5.41, 5.74) is 0. The zero-order valence-electron chi connectivity index (χ0n) is 10.6. The lowest BCUT2D eigenvalue weighted by atomic mass is 10.3. The van der Waals surface area contributed by atoms with E-state index in [0.717, 1.165) is 0 Å². The summed E-state index contributed by atoms with van der Waals surface area (Å²) in [4.78, 5) is 0. The van der Waals surface area contributed by atoms with Crippen molar-refractivity contribution in [3.8, 4) is 11.5 Å². The molecule has 0 unspecified atom stereocenters. The highest BCUT2D eigenvalue weighted by Gasteiger charge is 2.11. The van der Waals surface area contributed by atoms with E-state index in [9.17, 15) is 0 Å². The molecule has 0 spiro atoms. The fraction of sp³-hybridized carbons (Fsp3) is 0.143. The molecular formula is C14H10Cl4O3. The van der Waals surface area contributed by atoms with Crippen molar-refractivity contribution in [1.82, 2.24) is 0 Å². The molecule has 0 aliphatic carbocycles. The van der Waals surface area contributed by atoms with Crippen molar-refractivity contribution in [1.29, 1.82) is 0 Å². The maximum absolute atomic E-state index is 6.13. The Bertz CT molecular complexity index is 596. The fourth-order valence-electron chi connectivity index (χ4n) is 1.50. The molecule has 0 bridgehead atoms. The van der Waals surface area contributed by atoms with Crippen LogP contribution in [0.1, 0.15) is 5.76 Å². The number of rotatable bonds is 6. The Morgan fingerprint density at radius 3 is 2.43 bits per heavy atom. The van der Waals surface area contributed by atoms with E-state index < -0.39 is 0 Å². The van der Waals surface area contributed by atoms with Crippen molar-refractivity contribution < 1.29 is 13.9 Å². The van der Waals surface area contributed by atoms with Gasteiger partial charge in [-0.15, -0.1) is 0 Å². The summed E-state index contributed by atoms with van der Waals surface area (Å²) in [6.45, 7) is 0.443. The second-order valence-corrected chi connectivity index (χ2v) is 5.71. The molecule has 0 aliphatic heterocycles. The molecular weight excluding hydrogens is 358 g/mol. The normalized spacial score (nSPS) is 10.3. The van der Waals surface area contributed by atoms with Gasteiger partial charge < -0.3 is 13.9 Å². The molecule has 2 rings (SSSR count). The topological polar surface area (TPSA) is 31.6 Å². The van der Waals surface area contributed by atoms with Gasteiger partial charge in [0, 0.05) is 12.1 Å². The zero-order chi connectivity index (χ0) is 15.2. The Morgan fingerprint density at radius 2 is 1.86 bits per heavy atom. The molecule has 7 heteroatoms. The highest BCUT2D eigenvalue weighted by molar-refractivity contribution is 6.55. The van der Waals surface area contributed by atoms with Gasteiger partial charge in [-0.1, -0.05) is 46.4 Å². The summed E-state index contributed by atoms with van der Waals surface area (Å²) >= 11 is 23.2. The second-order valence-electron chi connectivity index (χ2n) is 3.89. The molecule has 1 aromatic carbocycles. The number of hydrogen-bond donors (Lipinski definition) is 0. The smallest absolute Gasteiger partial charge is 0.157 e. The first-order chi connectivity index (χ1) is 10.1. The van der Waals surface area contributed by atoms with Gasteiger partial charge in [0.2, 0.25) is 0 Å². The minimum Gasteiger partial charge on any atom is -0.489 e. The third-order valence-corrected chi connectivity index (χ3v) is 3.27. The van der Waals surface area contributed by atoms with E-state index in [1.54, 1.807) is 30.5 Å². The predicted octanol–water partition coefficient (Wildman–Crippen LogP) is 5.86. The van der Waals surface area contributed by atoms with Crippen molar-refractivity contribution in [3.63, 3.8) is 0 Å². The van der Waals surface area contributed by atoms with Gasteiger partial charge in [-0.3, -0.25) is 0 Å². The molecule has 0 amide bonds. The summed E-state index contributed by atoms with van der Waals surface area (Å²) in [5, 5.41) is 0.676. The van der Waals surface area contributed by atoms with Crippen LogP contribution in [0.5, 0.6) is 11.5 Å². The maximum atomic E-state index is 6.13. The molecule has 112 valence electrons. The van der Waals surface area contributed by atoms with Crippen LogP contribution in [-0.4, -0.2) is 6.61 Å². The molecule has 0 saturated heterocycles. The molecule has 0 saturated carbocycles. The number of benzene rings is 1. The Morgan fingerprint density at radius 1 is 1.14 bits per heavy atom. The van der Waals surface area contributed by atoms with Crippen molar-refractivity contribution in [2.45, 2.75) is 6.61 Å². The Balaban J connectivity index is 2.04. The minimum absolute atomic E-state index is 0.130. The van der Waals surface area contributed by atoms with Crippen LogP contribution < -0.4 is 9.47 Å². The van der Waals surface area contributed by atoms with Crippen molar-refractivity contribution in [2.24, 2.45) is 0 Å². The molecule has 0 fully saturated rings. The van der Waals surface area contributed by atoms with E-state index in [2.05, 4.69) is 0 Å². The van der Waals surface area contributed by atoms with E-state index in [-0.39, 0.29) is 17.7 Å². The maximum Gasteiger partial charge on any atom is 0.157 e. The van der Waals surface area contributed by atoms with Crippen LogP contribution in [0.15, 0.2) is 45.5 Å². The number of furan rings is 1. The van der Waals surface area contributed by atoms with Gasteiger partial charge in [0.1, 0.15) is 29.2 Å². The Labute approximate surface area is 141 Å². The summed E-state index contributed by atoms with van der Waals surface area (Å²) in [6.07, 6.45) is 3.07. The summed E-state index contributed by atoms with van der Waals surface area (Å²) in [5.74, 6) is 1.53. The van der Waals surface area contributed by atoms with Gasteiger partial charge >= 0.3 is 0 Å². The average molecular weight is 368 g/mol. The summed E-state index contributed by atoms with van der Waals surface area (Å²) in [6, 6.07) is 6.76. The summed E-state index contributed by atoms with van der Waals surface area (Å²) < 4.78 is 16.2. The Kier molecular flexibility index (Phi) is 6.12. The standard InChI is InChI=1S/C14H10Cl4O3/c15-11-6-10(20-5-3-13(17)18)7-12(16)14(11)21-8-9-2-1-4-19-9/h1-4,6-7H,5,8H2. The number of halogens is 4. The van der Waals surface area contributed by atoms with Crippen molar-refractivity contribution >= 4 is 46.4 Å². The van der Waals surface area contributed by atoms with Crippen LogP contribution in [0, 0.1) is 0 Å². The lowest BCUT2D eigenvalue weighted by Gasteiger charge is -2.11. The first-order valence-corrected chi connectivity index (χ1v) is 7.35. The largest absolute Gasteiger partial charge is 0.489 e. The number of ether oxygens (including phenoxy) is 2. The number of hydrogen-bond acceptors (Lipinski definition) is 3. The van der Waals surface area contributed by atoms with E-state index in [4.69, 9.17) is 60.3 Å². The zero-order valence-corrected chi connectivity index (χ0v) is 13.6. The SMILES string of the molecule is ClC(Cl)=CCOc1cc(Cl)c(OCc2ccco2)c(Cl)c1. The molecule has 3 nitrogen and oxygen atoms in total. The Hall–Kier alpha value is -1.00. The molecule has 2 aromatic rings. The van der Waals surface area contributed by atoms with Crippen LogP contribution in [-0.2, 0) is 6.61 Å². The summed E-state index contributed by atoms with van der Waals surface area (Å²) in [7, 11) is 0. The van der Waals surface area contributed by atoms with Gasteiger partial charge in [-0.2, -0.15) is 0 Å². The third kappa shape index (κ3) is 5.04.